The molecule has 0 unspecified atom stereocenters. The molecule has 0 saturated carbocycles. The van der Waals surface area contributed by atoms with Gasteiger partial charge in [-0.15, -0.1) is 0 Å². The molecule has 3 rings (SSSR count). The number of rotatable bonds is 2. The first-order valence-electron chi connectivity index (χ1n) is 6.81. The van der Waals surface area contributed by atoms with Crippen LogP contribution in [0.4, 0.5) is 23.1 Å². The van der Waals surface area contributed by atoms with E-state index in [1.165, 1.54) is 11.0 Å². The van der Waals surface area contributed by atoms with Gasteiger partial charge in [0.25, 0.3) is 11.7 Å². The number of hydrogen-bond acceptors (Lipinski definition) is 6. The first kappa shape index (κ1) is 15.2. The Balaban J connectivity index is 2.34. The number of nitrogens with zero attached hydrogens (tertiary/aromatic N) is 5. The number of halogens is 1. The van der Waals surface area contributed by atoms with Gasteiger partial charge in [-0.3, -0.25) is 9.69 Å². The Bertz CT molecular complexity index is 826. The van der Waals surface area contributed by atoms with Gasteiger partial charge in [0.1, 0.15) is 16.5 Å². The normalized spacial score (nSPS) is 13.4. The van der Waals surface area contributed by atoms with Crippen LogP contribution in [0.15, 0.2) is 24.4 Å². The van der Waals surface area contributed by atoms with Gasteiger partial charge in [0.15, 0.2) is 0 Å². The molecule has 0 radical (unpaired) electrons. The molecule has 1 aliphatic heterocycles. The SMILES string of the molecule is CCN1c2ncccc2C(=O)N(C)c2cc(Cl)c([N+](=O)[O-])nc21. The second kappa shape index (κ2) is 5.47. The van der Waals surface area contributed by atoms with Crippen molar-refractivity contribution < 1.29 is 9.72 Å². The Morgan fingerprint density at radius 3 is 2.78 bits per heavy atom. The van der Waals surface area contributed by atoms with E-state index >= 15 is 0 Å². The second-order valence-electron chi connectivity index (χ2n) is 4.88. The lowest BCUT2D eigenvalue weighted by atomic mass is 10.2. The minimum Gasteiger partial charge on any atom is -0.358 e. The Labute approximate surface area is 136 Å². The highest BCUT2D eigenvalue weighted by molar-refractivity contribution is 6.33. The minimum atomic E-state index is -0.650. The van der Waals surface area contributed by atoms with E-state index in [0.717, 1.165) is 0 Å². The smallest absolute Gasteiger partial charge is 0.358 e. The predicted octanol–water partition coefficient (Wildman–Crippen LogP) is 2.79. The molecule has 1 amide bonds. The lowest BCUT2D eigenvalue weighted by Crippen LogP contribution is -2.25. The highest BCUT2D eigenvalue weighted by Gasteiger charge is 2.35. The third-order valence-electron chi connectivity index (χ3n) is 3.60. The largest absolute Gasteiger partial charge is 0.384 e. The number of fused-ring (bicyclic) bond motifs is 2. The van der Waals surface area contributed by atoms with Gasteiger partial charge in [-0.05, 0) is 35.0 Å². The molecule has 0 bridgehead atoms. The number of aromatic nitrogens is 2. The average Bonchev–Trinajstić information content (AvgIpc) is 2.62. The molecule has 0 N–H and O–H groups in total. The summed E-state index contributed by atoms with van der Waals surface area (Å²) in [6.07, 6.45) is 1.56. The van der Waals surface area contributed by atoms with Gasteiger partial charge < -0.3 is 15.0 Å². The fourth-order valence-electron chi connectivity index (χ4n) is 2.50. The van der Waals surface area contributed by atoms with Gasteiger partial charge in [0, 0.05) is 19.8 Å². The van der Waals surface area contributed by atoms with Crippen molar-refractivity contribution in [3.63, 3.8) is 0 Å². The number of nitro groups is 1. The average molecular weight is 334 g/mol. The minimum absolute atomic E-state index is 0.122. The molecule has 23 heavy (non-hydrogen) atoms. The number of amides is 1. The van der Waals surface area contributed by atoms with Gasteiger partial charge in [0.2, 0.25) is 0 Å². The van der Waals surface area contributed by atoms with Crippen LogP contribution in [-0.4, -0.2) is 34.4 Å². The summed E-state index contributed by atoms with van der Waals surface area (Å²) in [5.74, 6) is -0.0484. The van der Waals surface area contributed by atoms with Gasteiger partial charge in [-0.2, -0.15) is 0 Å². The zero-order chi connectivity index (χ0) is 16.7. The van der Waals surface area contributed by atoms with Crippen LogP contribution < -0.4 is 9.80 Å². The maximum absolute atomic E-state index is 12.6. The second-order valence-corrected chi connectivity index (χ2v) is 5.28. The zero-order valence-corrected chi connectivity index (χ0v) is 13.1. The molecule has 3 heterocycles. The van der Waals surface area contributed by atoms with E-state index in [1.54, 1.807) is 30.3 Å². The Hall–Kier alpha value is -2.74. The topological polar surface area (TPSA) is 92.5 Å². The lowest BCUT2D eigenvalue weighted by Gasteiger charge is -2.19. The fraction of sp³-hybridized carbons (Fsp3) is 0.214. The summed E-state index contributed by atoms with van der Waals surface area (Å²) in [6, 6.07) is 4.71. The van der Waals surface area contributed by atoms with Crippen molar-refractivity contribution in [3.8, 4) is 0 Å². The molecular weight excluding hydrogens is 322 g/mol. The predicted molar refractivity (Wildman–Crippen MR) is 85.6 cm³/mol. The van der Waals surface area contributed by atoms with Crippen molar-refractivity contribution in [2.75, 3.05) is 23.4 Å². The lowest BCUT2D eigenvalue weighted by molar-refractivity contribution is -0.389. The zero-order valence-electron chi connectivity index (χ0n) is 12.4. The van der Waals surface area contributed by atoms with Crippen LogP contribution in [0.3, 0.4) is 0 Å². The van der Waals surface area contributed by atoms with E-state index in [0.29, 0.717) is 23.6 Å². The monoisotopic (exact) mass is 333 g/mol. The van der Waals surface area contributed by atoms with E-state index in [-0.39, 0.29) is 16.7 Å². The Kier molecular flexibility index (Phi) is 3.61. The summed E-state index contributed by atoms with van der Waals surface area (Å²) >= 11 is 5.95. The summed E-state index contributed by atoms with van der Waals surface area (Å²) in [4.78, 5) is 34.5. The molecule has 0 atom stereocenters. The molecule has 2 aromatic rings. The van der Waals surface area contributed by atoms with E-state index in [9.17, 15) is 14.9 Å². The quantitative estimate of drug-likeness (QED) is 0.619. The van der Waals surface area contributed by atoms with E-state index < -0.39 is 10.7 Å². The number of anilines is 3. The number of carbonyl (C=O) groups excluding carboxylic acids is 1. The molecule has 8 nitrogen and oxygen atoms in total. The fourth-order valence-corrected chi connectivity index (χ4v) is 2.72. The van der Waals surface area contributed by atoms with Crippen LogP contribution in [0, 0.1) is 10.1 Å². The van der Waals surface area contributed by atoms with Crippen molar-refractivity contribution in [1.29, 1.82) is 0 Å². The van der Waals surface area contributed by atoms with Crippen molar-refractivity contribution in [3.05, 3.63) is 45.1 Å². The van der Waals surface area contributed by atoms with Crippen molar-refractivity contribution >= 4 is 40.6 Å². The van der Waals surface area contributed by atoms with E-state index in [4.69, 9.17) is 11.6 Å². The molecule has 0 saturated heterocycles. The molecule has 118 valence electrons. The van der Waals surface area contributed by atoms with Crippen LogP contribution in [0.5, 0.6) is 0 Å². The van der Waals surface area contributed by atoms with Gasteiger partial charge in [-0.1, -0.05) is 11.6 Å². The number of hydrogen-bond donors (Lipinski definition) is 0. The van der Waals surface area contributed by atoms with Crippen molar-refractivity contribution in [2.45, 2.75) is 6.92 Å². The Morgan fingerprint density at radius 2 is 2.13 bits per heavy atom. The highest BCUT2D eigenvalue weighted by Crippen LogP contribution is 2.41. The van der Waals surface area contributed by atoms with Crippen molar-refractivity contribution in [1.82, 2.24) is 9.97 Å². The van der Waals surface area contributed by atoms with E-state index in [2.05, 4.69) is 9.97 Å². The third-order valence-corrected chi connectivity index (χ3v) is 3.88. The van der Waals surface area contributed by atoms with Gasteiger partial charge in [-0.25, -0.2) is 4.98 Å². The van der Waals surface area contributed by atoms with Crippen molar-refractivity contribution in [2.24, 2.45) is 0 Å². The summed E-state index contributed by atoms with van der Waals surface area (Å²) in [7, 11) is 1.57. The van der Waals surface area contributed by atoms with Crippen LogP contribution in [0.25, 0.3) is 0 Å². The highest BCUT2D eigenvalue weighted by atomic mass is 35.5. The summed E-state index contributed by atoms with van der Waals surface area (Å²) in [6.45, 7) is 2.28. The van der Waals surface area contributed by atoms with E-state index in [1.807, 2.05) is 6.92 Å². The third kappa shape index (κ3) is 2.27. The molecule has 9 heteroatoms. The van der Waals surface area contributed by atoms with Crippen LogP contribution in [0.2, 0.25) is 5.02 Å². The maximum Gasteiger partial charge on any atom is 0.384 e. The molecule has 1 aliphatic rings. The van der Waals surface area contributed by atoms with Crippen LogP contribution >= 0.6 is 11.6 Å². The molecular formula is C14H12ClN5O3. The molecule has 0 fully saturated rings. The molecule has 0 aromatic carbocycles. The summed E-state index contributed by atoms with van der Waals surface area (Å²) in [5.41, 5.74) is 0.791. The Morgan fingerprint density at radius 1 is 1.39 bits per heavy atom. The number of pyridine rings is 2. The molecule has 0 spiro atoms. The summed E-state index contributed by atoms with van der Waals surface area (Å²) < 4.78 is 0. The maximum atomic E-state index is 12.6. The van der Waals surface area contributed by atoms with Gasteiger partial charge in [0.05, 0.1) is 5.56 Å². The first-order valence-corrected chi connectivity index (χ1v) is 7.19. The molecule has 0 aliphatic carbocycles. The first-order chi connectivity index (χ1) is 11.0. The molecule has 2 aromatic heterocycles. The van der Waals surface area contributed by atoms with Crippen LogP contribution in [-0.2, 0) is 0 Å². The van der Waals surface area contributed by atoms with Gasteiger partial charge >= 0.3 is 5.82 Å². The van der Waals surface area contributed by atoms with Crippen LogP contribution in [0.1, 0.15) is 17.3 Å². The number of carbonyl (C=O) groups is 1. The summed E-state index contributed by atoms with van der Waals surface area (Å²) in [5, 5.41) is 11.0. The standard InChI is InChI=1S/C14H12ClN5O3/c1-3-19-11-8(5-4-6-16-11)14(21)18(2)10-7-9(15)12(20(22)23)17-13(10)19/h4-7H,3H2,1-2H3.